The molecule has 0 radical (unpaired) electrons. The Morgan fingerprint density at radius 3 is 2.73 bits per heavy atom. The van der Waals surface area contributed by atoms with Crippen molar-refractivity contribution in [2.24, 2.45) is 12.8 Å². The van der Waals surface area contributed by atoms with E-state index in [1.54, 1.807) is 0 Å². The highest BCUT2D eigenvalue weighted by Gasteiger charge is 2.19. The number of fused-ring (bicyclic) bond motifs is 1. The SMILES string of the molecule is Cn1ccc2cccc(C(CN)CNC(=O)OC(C)(C)C)c21. The summed E-state index contributed by atoms with van der Waals surface area (Å²) in [5, 5.41) is 3.99. The van der Waals surface area contributed by atoms with Gasteiger partial charge < -0.3 is 20.4 Å². The van der Waals surface area contributed by atoms with Crippen molar-refractivity contribution >= 4 is 17.0 Å². The Hall–Kier alpha value is -2.01. The molecule has 5 heteroatoms. The van der Waals surface area contributed by atoms with E-state index in [-0.39, 0.29) is 5.92 Å². The minimum absolute atomic E-state index is 0.0461. The van der Waals surface area contributed by atoms with Crippen molar-refractivity contribution in [2.75, 3.05) is 13.1 Å². The summed E-state index contributed by atoms with van der Waals surface area (Å²) in [4.78, 5) is 11.8. The van der Waals surface area contributed by atoms with Crippen LogP contribution in [0.15, 0.2) is 30.5 Å². The Bertz CT molecular complexity index is 655. The first-order chi connectivity index (χ1) is 10.3. The molecule has 22 heavy (non-hydrogen) atoms. The maximum Gasteiger partial charge on any atom is 0.407 e. The zero-order valence-corrected chi connectivity index (χ0v) is 13.7. The molecule has 0 fully saturated rings. The molecular weight excluding hydrogens is 278 g/mol. The summed E-state index contributed by atoms with van der Waals surface area (Å²) in [5.41, 5.74) is 7.73. The van der Waals surface area contributed by atoms with Crippen molar-refractivity contribution in [2.45, 2.75) is 32.3 Å². The molecule has 3 N–H and O–H groups in total. The van der Waals surface area contributed by atoms with E-state index in [1.165, 1.54) is 5.39 Å². The van der Waals surface area contributed by atoms with Gasteiger partial charge in [0, 0.05) is 32.3 Å². The maximum atomic E-state index is 11.8. The Balaban J connectivity index is 2.14. The fraction of sp³-hybridized carbons (Fsp3) is 0.471. The fourth-order valence-electron chi connectivity index (χ4n) is 2.56. The fourth-order valence-corrected chi connectivity index (χ4v) is 2.56. The molecule has 1 unspecified atom stereocenters. The van der Waals surface area contributed by atoms with Crippen LogP contribution in [0.25, 0.3) is 10.9 Å². The lowest BCUT2D eigenvalue weighted by molar-refractivity contribution is 0.0525. The molecular formula is C17H25N3O2. The number of benzene rings is 1. The second-order valence-corrected chi connectivity index (χ2v) is 6.53. The van der Waals surface area contributed by atoms with Crippen LogP contribution >= 0.6 is 0 Å². The standard InChI is InChI=1S/C17H25N3O2/c1-17(2,3)22-16(21)19-11-13(10-18)14-7-5-6-12-8-9-20(4)15(12)14/h5-9,13H,10-11,18H2,1-4H3,(H,19,21). The largest absolute Gasteiger partial charge is 0.444 e. The van der Waals surface area contributed by atoms with Crippen LogP contribution in [0, 0.1) is 0 Å². The molecule has 5 nitrogen and oxygen atoms in total. The first kappa shape index (κ1) is 16.4. The highest BCUT2D eigenvalue weighted by molar-refractivity contribution is 5.84. The van der Waals surface area contributed by atoms with Crippen molar-refractivity contribution < 1.29 is 9.53 Å². The molecule has 1 atom stereocenters. The summed E-state index contributed by atoms with van der Waals surface area (Å²) >= 11 is 0. The van der Waals surface area contributed by atoms with Crippen LogP contribution in [0.3, 0.4) is 0 Å². The molecule has 1 amide bonds. The van der Waals surface area contributed by atoms with E-state index in [2.05, 4.69) is 28.1 Å². The molecule has 120 valence electrons. The average Bonchev–Trinajstić information content (AvgIpc) is 2.80. The molecule has 2 aromatic rings. The topological polar surface area (TPSA) is 69.3 Å². The third kappa shape index (κ3) is 3.80. The molecule has 1 aromatic heterocycles. The summed E-state index contributed by atoms with van der Waals surface area (Å²) < 4.78 is 7.35. The number of carbonyl (C=O) groups excluding carboxylic acids is 1. The number of para-hydroxylation sites is 1. The summed E-state index contributed by atoms with van der Waals surface area (Å²) in [6, 6.07) is 8.24. The van der Waals surface area contributed by atoms with Crippen molar-refractivity contribution in [1.82, 2.24) is 9.88 Å². The van der Waals surface area contributed by atoms with E-state index in [1.807, 2.05) is 40.1 Å². The summed E-state index contributed by atoms with van der Waals surface area (Å²) in [5.74, 6) is 0.0461. The van der Waals surface area contributed by atoms with Crippen LogP contribution in [-0.4, -0.2) is 29.4 Å². The Morgan fingerprint density at radius 1 is 1.36 bits per heavy atom. The van der Waals surface area contributed by atoms with Gasteiger partial charge in [-0.3, -0.25) is 0 Å². The number of hydrogen-bond donors (Lipinski definition) is 2. The highest BCUT2D eigenvalue weighted by atomic mass is 16.6. The molecule has 0 saturated carbocycles. The minimum atomic E-state index is -0.500. The number of nitrogens with zero attached hydrogens (tertiary/aromatic N) is 1. The zero-order chi connectivity index (χ0) is 16.3. The van der Waals surface area contributed by atoms with Gasteiger partial charge in [-0.25, -0.2) is 4.79 Å². The van der Waals surface area contributed by atoms with E-state index in [0.29, 0.717) is 13.1 Å². The summed E-state index contributed by atoms with van der Waals surface area (Å²) in [7, 11) is 2.01. The third-order valence-corrected chi connectivity index (χ3v) is 3.54. The molecule has 1 aromatic carbocycles. The second kappa shape index (κ2) is 6.40. The van der Waals surface area contributed by atoms with Crippen molar-refractivity contribution in [3.05, 3.63) is 36.0 Å². The number of carbonyl (C=O) groups is 1. The number of hydrogen-bond acceptors (Lipinski definition) is 3. The number of amides is 1. The van der Waals surface area contributed by atoms with Gasteiger partial charge in [-0.05, 0) is 37.8 Å². The molecule has 1 heterocycles. The van der Waals surface area contributed by atoms with Gasteiger partial charge in [-0.1, -0.05) is 18.2 Å². The van der Waals surface area contributed by atoms with Crippen LogP contribution in [-0.2, 0) is 11.8 Å². The number of rotatable bonds is 4. The lowest BCUT2D eigenvalue weighted by Crippen LogP contribution is -2.36. The third-order valence-electron chi connectivity index (χ3n) is 3.54. The molecule has 0 aliphatic carbocycles. The predicted molar refractivity (Wildman–Crippen MR) is 89.0 cm³/mol. The Labute approximate surface area is 131 Å². The van der Waals surface area contributed by atoms with Crippen LogP contribution in [0.4, 0.5) is 4.79 Å². The lowest BCUT2D eigenvalue weighted by Gasteiger charge is -2.22. The van der Waals surface area contributed by atoms with Crippen LogP contribution < -0.4 is 11.1 Å². The number of aryl methyl sites for hydroxylation is 1. The van der Waals surface area contributed by atoms with Crippen molar-refractivity contribution in [3.63, 3.8) is 0 Å². The first-order valence-electron chi connectivity index (χ1n) is 7.52. The number of nitrogens with two attached hydrogens (primary N) is 1. The summed E-state index contributed by atoms with van der Waals surface area (Å²) in [6.07, 6.45) is 1.62. The minimum Gasteiger partial charge on any atom is -0.444 e. The summed E-state index contributed by atoms with van der Waals surface area (Å²) in [6.45, 7) is 6.45. The normalized spacial score (nSPS) is 13.1. The predicted octanol–water partition coefficient (Wildman–Crippen LogP) is 2.75. The van der Waals surface area contributed by atoms with Gasteiger partial charge in [0.25, 0.3) is 0 Å². The zero-order valence-electron chi connectivity index (χ0n) is 13.7. The molecule has 2 rings (SSSR count). The van der Waals surface area contributed by atoms with Gasteiger partial charge in [0.15, 0.2) is 0 Å². The van der Waals surface area contributed by atoms with Crippen LogP contribution in [0.2, 0.25) is 0 Å². The molecule has 0 aliphatic rings. The van der Waals surface area contributed by atoms with E-state index in [9.17, 15) is 4.79 Å². The number of ether oxygens (including phenoxy) is 1. The Kier molecular flexibility index (Phi) is 4.76. The highest BCUT2D eigenvalue weighted by Crippen LogP contribution is 2.25. The van der Waals surface area contributed by atoms with Crippen molar-refractivity contribution in [1.29, 1.82) is 0 Å². The maximum absolute atomic E-state index is 11.8. The van der Waals surface area contributed by atoms with E-state index in [0.717, 1.165) is 11.1 Å². The Morgan fingerprint density at radius 2 is 2.09 bits per heavy atom. The molecule has 0 bridgehead atoms. The van der Waals surface area contributed by atoms with Crippen LogP contribution in [0.5, 0.6) is 0 Å². The smallest absolute Gasteiger partial charge is 0.407 e. The second-order valence-electron chi connectivity index (χ2n) is 6.53. The van der Waals surface area contributed by atoms with Gasteiger partial charge in [0.1, 0.15) is 5.60 Å². The quantitative estimate of drug-likeness (QED) is 0.912. The molecule has 0 spiro atoms. The van der Waals surface area contributed by atoms with Gasteiger partial charge >= 0.3 is 6.09 Å². The van der Waals surface area contributed by atoms with Gasteiger partial charge in [0.2, 0.25) is 0 Å². The van der Waals surface area contributed by atoms with Gasteiger partial charge in [-0.2, -0.15) is 0 Å². The molecule has 0 saturated heterocycles. The van der Waals surface area contributed by atoms with Gasteiger partial charge in [-0.15, -0.1) is 0 Å². The van der Waals surface area contributed by atoms with E-state index < -0.39 is 11.7 Å². The number of nitrogens with one attached hydrogen (secondary N) is 1. The van der Waals surface area contributed by atoms with E-state index in [4.69, 9.17) is 10.5 Å². The van der Waals surface area contributed by atoms with E-state index >= 15 is 0 Å². The van der Waals surface area contributed by atoms with Crippen molar-refractivity contribution in [3.8, 4) is 0 Å². The van der Waals surface area contributed by atoms with Crippen LogP contribution in [0.1, 0.15) is 32.3 Å². The monoisotopic (exact) mass is 303 g/mol. The lowest BCUT2D eigenvalue weighted by atomic mass is 9.97. The average molecular weight is 303 g/mol. The van der Waals surface area contributed by atoms with Gasteiger partial charge in [0.05, 0.1) is 5.52 Å². The molecule has 0 aliphatic heterocycles. The first-order valence-corrected chi connectivity index (χ1v) is 7.52. The number of aromatic nitrogens is 1. The number of alkyl carbamates (subject to hydrolysis) is 1.